The van der Waals surface area contributed by atoms with Crippen molar-refractivity contribution >= 4 is 22.8 Å². The quantitative estimate of drug-likeness (QED) is 0.753. The van der Waals surface area contributed by atoms with E-state index in [9.17, 15) is 4.79 Å². The summed E-state index contributed by atoms with van der Waals surface area (Å²) in [7, 11) is 0. The zero-order chi connectivity index (χ0) is 15.1. The molecule has 0 saturated heterocycles. The molecule has 0 bridgehead atoms. The number of nitrogens with zero attached hydrogens (tertiary/aromatic N) is 3. The summed E-state index contributed by atoms with van der Waals surface area (Å²) in [6.45, 7) is 7.35. The Bertz CT molecular complexity index is 827. The first-order valence-electron chi connectivity index (χ1n) is 6.53. The minimum absolute atomic E-state index is 0.287. The summed E-state index contributed by atoms with van der Waals surface area (Å²) in [5.74, 6) is 0.675. The predicted octanol–water partition coefficient (Wildman–Crippen LogP) is 2.43. The van der Waals surface area contributed by atoms with E-state index in [-0.39, 0.29) is 5.91 Å². The van der Waals surface area contributed by atoms with Gasteiger partial charge in [0.05, 0.1) is 11.1 Å². The number of fused-ring (bicyclic) bond motifs is 1. The standard InChI is InChI=1S/C14H15N5O2/c1-6-7(2)17-12-10(6)13(16-5-15-12)18-14(20)11-8(3)19-21-9(11)4/h5H,1-4H3,(H2,15,16,17,18,20). The third kappa shape index (κ3) is 2.06. The molecule has 0 radical (unpaired) electrons. The van der Waals surface area contributed by atoms with Crippen LogP contribution >= 0.6 is 0 Å². The first-order chi connectivity index (χ1) is 9.99. The maximum absolute atomic E-state index is 12.4. The van der Waals surface area contributed by atoms with Crippen LogP contribution in [0.2, 0.25) is 0 Å². The summed E-state index contributed by atoms with van der Waals surface area (Å²) in [5.41, 5.74) is 3.70. The van der Waals surface area contributed by atoms with Crippen molar-refractivity contribution in [3.8, 4) is 0 Å². The molecule has 0 aliphatic rings. The molecule has 7 heteroatoms. The largest absolute Gasteiger partial charge is 0.361 e. The monoisotopic (exact) mass is 285 g/mol. The SMILES string of the molecule is Cc1noc(C)c1C(=O)Nc1ncnc2[nH]c(C)c(C)c12. The number of carbonyl (C=O) groups excluding carboxylic acids is 1. The van der Waals surface area contributed by atoms with Gasteiger partial charge in [-0.1, -0.05) is 5.16 Å². The van der Waals surface area contributed by atoms with Gasteiger partial charge in [0, 0.05) is 5.69 Å². The molecule has 2 N–H and O–H groups in total. The van der Waals surface area contributed by atoms with Crippen molar-refractivity contribution in [2.75, 3.05) is 5.32 Å². The van der Waals surface area contributed by atoms with E-state index in [2.05, 4.69) is 25.4 Å². The van der Waals surface area contributed by atoms with Gasteiger partial charge in [-0.2, -0.15) is 0 Å². The number of amides is 1. The highest BCUT2D eigenvalue weighted by molar-refractivity contribution is 6.09. The van der Waals surface area contributed by atoms with Crippen molar-refractivity contribution in [2.24, 2.45) is 0 Å². The lowest BCUT2D eigenvalue weighted by Crippen LogP contribution is -2.15. The van der Waals surface area contributed by atoms with Crippen molar-refractivity contribution in [3.63, 3.8) is 0 Å². The van der Waals surface area contributed by atoms with Gasteiger partial charge in [0.25, 0.3) is 5.91 Å². The minimum Gasteiger partial charge on any atom is -0.361 e. The zero-order valence-corrected chi connectivity index (χ0v) is 12.2. The number of hydrogen-bond acceptors (Lipinski definition) is 5. The Hall–Kier alpha value is -2.70. The van der Waals surface area contributed by atoms with Gasteiger partial charge in [-0.05, 0) is 33.3 Å². The third-order valence-corrected chi connectivity index (χ3v) is 3.58. The Balaban J connectivity index is 2.05. The lowest BCUT2D eigenvalue weighted by Gasteiger charge is -2.05. The fraction of sp³-hybridized carbons (Fsp3) is 0.286. The number of anilines is 1. The molecule has 3 rings (SSSR count). The van der Waals surface area contributed by atoms with E-state index in [1.165, 1.54) is 6.33 Å². The predicted molar refractivity (Wildman–Crippen MR) is 77.3 cm³/mol. The molecule has 0 fully saturated rings. The van der Waals surface area contributed by atoms with Crippen LogP contribution in [-0.2, 0) is 0 Å². The Morgan fingerprint density at radius 3 is 2.67 bits per heavy atom. The second-order valence-electron chi connectivity index (χ2n) is 4.97. The Labute approximate surface area is 120 Å². The number of carbonyl (C=O) groups is 1. The molecule has 0 aliphatic carbocycles. The normalized spacial score (nSPS) is 11.0. The summed E-state index contributed by atoms with van der Waals surface area (Å²) >= 11 is 0. The molecule has 0 spiro atoms. The van der Waals surface area contributed by atoms with E-state index < -0.39 is 0 Å². The van der Waals surface area contributed by atoms with Gasteiger partial charge in [0.15, 0.2) is 0 Å². The molecule has 0 aromatic carbocycles. The van der Waals surface area contributed by atoms with Gasteiger partial charge in [-0.25, -0.2) is 9.97 Å². The van der Waals surface area contributed by atoms with Gasteiger partial charge in [-0.15, -0.1) is 0 Å². The topological polar surface area (TPSA) is 96.7 Å². The van der Waals surface area contributed by atoms with Crippen LogP contribution in [0.15, 0.2) is 10.9 Å². The maximum atomic E-state index is 12.4. The average molecular weight is 285 g/mol. The van der Waals surface area contributed by atoms with Crippen molar-refractivity contribution in [2.45, 2.75) is 27.7 Å². The summed E-state index contributed by atoms with van der Waals surface area (Å²) in [6, 6.07) is 0. The Morgan fingerprint density at radius 1 is 1.24 bits per heavy atom. The lowest BCUT2D eigenvalue weighted by molar-refractivity contribution is 0.102. The van der Waals surface area contributed by atoms with Crippen LogP contribution in [0.1, 0.15) is 33.1 Å². The minimum atomic E-state index is -0.287. The summed E-state index contributed by atoms with van der Waals surface area (Å²) < 4.78 is 5.02. The molecule has 21 heavy (non-hydrogen) atoms. The molecule has 3 aromatic rings. The fourth-order valence-corrected chi connectivity index (χ4v) is 2.37. The summed E-state index contributed by atoms with van der Waals surface area (Å²) in [4.78, 5) is 23.9. The molecular formula is C14H15N5O2. The highest BCUT2D eigenvalue weighted by Gasteiger charge is 2.20. The van der Waals surface area contributed by atoms with Gasteiger partial charge < -0.3 is 14.8 Å². The smallest absolute Gasteiger partial charge is 0.262 e. The number of H-pyrrole nitrogens is 1. The number of rotatable bonds is 2. The molecule has 3 heterocycles. The van der Waals surface area contributed by atoms with E-state index in [0.29, 0.717) is 28.5 Å². The Kier molecular flexibility index (Phi) is 2.97. The zero-order valence-electron chi connectivity index (χ0n) is 12.2. The molecule has 108 valence electrons. The van der Waals surface area contributed by atoms with Crippen LogP contribution in [0.3, 0.4) is 0 Å². The second-order valence-corrected chi connectivity index (χ2v) is 4.97. The molecule has 1 amide bonds. The van der Waals surface area contributed by atoms with Gasteiger partial charge >= 0.3 is 0 Å². The average Bonchev–Trinajstić information content (AvgIpc) is 2.91. The molecule has 0 unspecified atom stereocenters. The van der Waals surface area contributed by atoms with Crippen LogP contribution in [-0.4, -0.2) is 26.0 Å². The first kappa shape index (κ1) is 13.3. The molecule has 3 aromatic heterocycles. The van der Waals surface area contributed by atoms with Crippen molar-refractivity contribution in [1.29, 1.82) is 0 Å². The van der Waals surface area contributed by atoms with Gasteiger partial charge in [-0.3, -0.25) is 4.79 Å². The van der Waals surface area contributed by atoms with Crippen LogP contribution in [0, 0.1) is 27.7 Å². The van der Waals surface area contributed by atoms with E-state index in [1.54, 1.807) is 13.8 Å². The Morgan fingerprint density at radius 2 is 2.00 bits per heavy atom. The molecule has 7 nitrogen and oxygen atoms in total. The number of hydrogen-bond donors (Lipinski definition) is 2. The lowest BCUT2D eigenvalue weighted by atomic mass is 10.2. The maximum Gasteiger partial charge on any atom is 0.262 e. The summed E-state index contributed by atoms with van der Waals surface area (Å²) in [5, 5.41) is 7.42. The van der Waals surface area contributed by atoms with Crippen LogP contribution < -0.4 is 5.32 Å². The van der Waals surface area contributed by atoms with E-state index in [0.717, 1.165) is 16.6 Å². The number of aromatic nitrogens is 4. The molecule has 0 aliphatic heterocycles. The highest BCUT2D eigenvalue weighted by atomic mass is 16.5. The first-order valence-corrected chi connectivity index (χ1v) is 6.53. The number of aryl methyl sites for hydroxylation is 4. The van der Waals surface area contributed by atoms with Crippen molar-refractivity contribution in [3.05, 3.63) is 34.6 Å². The van der Waals surface area contributed by atoms with Crippen LogP contribution in [0.25, 0.3) is 11.0 Å². The summed E-state index contributed by atoms with van der Waals surface area (Å²) in [6.07, 6.45) is 1.42. The molecule has 0 saturated carbocycles. The van der Waals surface area contributed by atoms with Gasteiger partial charge in [0.1, 0.15) is 29.1 Å². The molecule has 0 atom stereocenters. The number of aromatic amines is 1. The van der Waals surface area contributed by atoms with Crippen molar-refractivity contribution in [1.82, 2.24) is 20.1 Å². The van der Waals surface area contributed by atoms with Crippen molar-refractivity contribution < 1.29 is 9.32 Å². The fourth-order valence-electron chi connectivity index (χ4n) is 2.37. The highest BCUT2D eigenvalue weighted by Crippen LogP contribution is 2.26. The van der Waals surface area contributed by atoms with E-state index >= 15 is 0 Å². The second kappa shape index (κ2) is 4.69. The van der Waals surface area contributed by atoms with Crippen LogP contribution in [0.5, 0.6) is 0 Å². The van der Waals surface area contributed by atoms with E-state index in [1.807, 2.05) is 13.8 Å². The van der Waals surface area contributed by atoms with Gasteiger partial charge in [0.2, 0.25) is 0 Å². The molecular weight excluding hydrogens is 270 g/mol. The van der Waals surface area contributed by atoms with Crippen LogP contribution in [0.4, 0.5) is 5.82 Å². The third-order valence-electron chi connectivity index (χ3n) is 3.58. The van der Waals surface area contributed by atoms with E-state index in [4.69, 9.17) is 4.52 Å². The number of nitrogens with one attached hydrogen (secondary N) is 2.